The van der Waals surface area contributed by atoms with Crippen LogP contribution in [0.1, 0.15) is 12.8 Å². The number of carbonyl (C=O) groups excluding carboxylic acids is 1. The van der Waals surface area contributed by atoms with E-state index in [1.807, 2.05) is 18.2 Å². The van der Waals surface area contributed by atoms with Crippen molar-refractivity contribution >= 4 is 50.8 Å². The standard InChI is InChI=1S/C14H15BrN4O2.ClH/c15-9-1-2-11-10(7-9)12(14(21)17-11)18-19-13(20)8-3-5-16-6-4-8;/h1-2,7-8,16-17,21H,3-6H2;1H. The highest BCUT2D eigenvalue weighted by Gasteiger charge is 2.21. The van der Waals surface area contributed by atoms with Gasteiger partial charge in [-0.2, -0.15) is 0 Å². The number of hydrogen-bond acceptors (Lipinski definition) is 4. The van der Waals surface area contributed by atoms with E-state index >= 15 is 0 Å². The molecule has 0 saturated carbocycles. The number of fused-ring (bicyclic) bond motifs is 1. The minimum atomic E-state index is -0.222. The van der Waals surface area contributed by atoms with Crippen LogP contribution in [0.2, 0.25) is 0 Å². The number of nitrogens with one attached hydrogen (secondary N) is 2. The summed E-state index contributed by atoms with van der Waals surface area (Å²) in [6.07, 6.45) is 1.56. The van der Waals surface area contributed by atoms with Crippen LogP contribution in [0.15, 0.2) is 32.9 Å². The first-order valence-electron chi connectivity index (χ1n) is 6.81. The number of aromatic amines is 1. The van der Waals surface area contributed by atoms with E-state index in [2.05, 4.69) is 36.5 Å². The Bertz CT molecular complexity index is 710. The Morgan fingerprint density at radius 2 is 2.05 bits per heavy atom. The average molecular weight is 388 g/mol. The number of aromatic hydroxyl groups is 1. The summed E-state index contributed by atoms with van der Waals surface area (Å²) in [5.74, 6) is -0.376. The molecule has 1 aliphatic heterocycles. The highest BCUT2D eigenvalue weighted by Crippen LogP contribution is 2.37. The number of aromatic nitrogens is 1. The molecule has 0 unspecified atom stereocenters. The molecule has 22 heavy (non-hydrogen) atoms. The number of piperidine rings is 1. The molecule has 3 rings (SSSR count). The molecule has 1 aromatic heterocycles. The Balaban J connectivity index is 0.00000176. The van der Waals surface area contributed by atoms with Crippen LogP contribution in [0.4, 0.5) is 5.69 Å². The molecule has 0 atom stereocenters. The van der Waals surface area contributed by atoms with Crippen molar-refractivity contribution in [1.82, 2.24) is 10.3 Å². The van der Waals surface area contributed by atoms with Crippen molar-refractivity contribution in [2.45, 2.75) is 12.8 Å². The van der Waals surface area contributed by atoms with Crippen LogP contribution in [0, 0.1) is 5.92 Å². The zero-order valence-corrected chi connectivity index (χ0v) is 14.1. The third kappa shape index (κ3) is 3.48. The van der Waals surface area contributed by atoms with Crippen LogP contribution >= 0.6 is 28.3 Å². The van der Waals surface area contributed by atoms with E-state index in [1.165, 1.54) is 0 Å². The molecule has 1 fully saturated rings. The van der Waals surface area contributed by atoms with E-state index < -0.39 is 0 Å². The van der Waals surface area contributed by atoms with Crippen LogP contribution in [0.5, 0.6) is 5.88 Å². The second-order valence-corrected chi connectivity index (χ2v) is 5.99. The van der Waals surface area contributed by atoms with Crippen molar-refractivity contribution in [2.75, 3.05) is 13.1 Å². The minimum Gasteiger partial charge on any atom is -0.493 e. The number of azo groups is 1. The zero-order chi connectivity index (χ0) is 14.8. The summed E-state index contributed by atoms with van der Waals surface area (Å²) < 4.78 is 0.870. The highest BCUT2D eigenvalue weighted by atomic mass is 79.9. The Hall–Kier alpha value is -1.44. The van der Waals surface area contributed by atoms with Crippen molar-refractivity contribution in [2.24, 2.45) is 16.1 Å². The van der Waals surface area contributed by atoms with E-state index in [-0.39, 0.29) is 30.1 Å². The molecule has 2 aromatic rings. The van der Waals surface area contributed by atoms with Gasteiger partial charge in [-0.05, 0) is 44.1 Å². The molecule has 1 saturated heterocycles. The number of H-pyrrole nitrogens is 1. The molecule has 1 amide bonds. The van der Waals surface area contributed by atoms with Gasteiger partial charge in [-0.15, -0.1) is 22.6 Å². The fraction of sp³-hybridized carbons (Fsp3) is 0.357. The quantitative estimate of drug-likeness (QED) is 0.687. The van der Waals surface area contributed by atoms with E-state index in [9.17, 15) is 9.90 Å². The first-order valence-corrected chi connectivity index (χ1v) is 7.61. The predicted molar refractivity (Wildman–Crippen MR) is 90.0 cm³/mol. The molecule has 0 radical (unpaired) electrons. The lowest BCUT2D eigenvalue weighted by Gasteiger charge is -2.18. The summed E-state index contributed by atoms with van der Waals surface area (Å²) in [7, 11) is 0. The second kappa shape index (κ2) is 7.21. The maximum Gasteiger partial charge on any atom is 0.267 e. The summed E-state index contributed by atoms with van der Waals surface area (Å²) in [5.41, 5.74) is 1.05. The molecule has 0 bridgehead atoms. The molecule has 3 N–H and O–H groups in total. The number of halogens is 2. The van der Waals surface area contributed by atoms with E-state index in [4.69, 9.17) is 0 Å². The third-order valence-electron chi connectivity index (χ3n) is 3.65. The molecule has 2 heterocycles. The number of amides is 1. The van der Waals surface area contributed by atoms with E-state index in [0.29, 0.717) is 5.69 Å². The molecule has 0 spiro atoms. The van der Waals surface area contributed by atoms with Crippen LogP contribution in [0.3, 0.4) is 0 Å². The van der Waals surface area contributed by atoms with Gasteiger partial charge in [0.25, 0.3) is 5.91 Å². The van der Waals surface area contributed by atoms with Crippen LogP contribution in [0.25, 0.3) is 10.9 Å². The van der Waals surface area contributed by atoms with Gasteiger partial charge in [0.05, 0.1) is 5.52 Å². The van der Waals surface area contributed by atoms with Gasteiger partial charge in [-0.25, -0.2) is 0 Å². The lowest BCUT2D eigenvalue weighted by Crippen LogP contribution is -2.31. The molecular weight excluding hydrogens is 372 g/mol. The summed E-state index contributed by atoms with van der Waals surface area (Å²) >= 11 is 3.38. The number of rotatable bonds is 2. The summed E-state index contributed by atoms with van der Waals surface area (Å²) in [5, 5.41) is 21.6. The Morgan fingerprint density at radius 3 is 2.77 bits per heavy atom. The first-order chi connectivity index (χ1) is 10.1. The van der Waals surface area contributed by atoms with Gasteiger partial charge in [0.15, 0.2) is 5.69 Å². The Kier molecular flexibility index (Phi) is 5.55. The van der Waals surface area contributed by atoms with E-state index in [0.717, 1.165) is 41.3 Å². The van der Waals surface area contributed by atoms with Gasteiger partial charge in [0.2, 0.25) is 5.88 Å². The summed E-state index contributed by atoms with van der Waals surface area (Å²) in [6.45, 7) is 1.66. The predicted octanol–water partition coefficient (Wildman–Crippen LogP) is 3.67. The monoisotopic (exact) mass is 386 g/mol. The average Bonchev–Trinajstić information content (AvgIpc) is 2.80. The molecular formula is C14H16BrClN4O2. The fourth-order valence-electron chi connectivity index (χ4n) is 2.49. The van der Waals surface area contributed by atoms with Crippen molar-refractivity contribution in [3.8, 4) is 5.88 Å². The Morgan fingerprint density at radius 1 is 1.32 bits per heavy atom. The van der Waals surface area contributed by atoms with Crippen molar-refractivity contribution < 1.29 is 9.90 Å². The topological polar surface area (TPSA) is 89.8 Å². The smallest absolute Gasteiger partial charge is 0.267 e. The van der Waals surface area contributed by atoms with Crippen molar-refractivity contribution in [3.63, 3.8) is 0 Å². The zero-order valence-electron chi connectivity index (χ0n) is 11.7. The van der Waals surface area contributed by atoms with Gasteiger partial charge < -0.3 is 15.4 Å². The number of hydrogen-bond donors (Lipinski definition) is 3. The first kappa shape index (κ1) is 16.9. The van der Waals surface area contributed by atoms with Crippen LogP contribution in [-0.2, 0) is 4.79 Å². The maximum absolute atomic E-state index is 12.0. The van der Waals surface area contributed by atoms with Gasteiger partial charge in [0, 0.05) is 15.8 Å². The fourth-order valence-corrected chi connectivity index (χ4v) is 2.85. The number of carbonyl (C=O) groups is 1. The largest absolute Gasteiger partial charge is 0.493 e. The lowest BCUT2D eigenvalue weighted by atomic mass is 9.98. The number of nitrogens with zero attached hydrogens (tertiary/aromatic N) is 2. The summed E-state index contributed by atoms with van der Waals surface area (Å²) in [6, 6.07) is 5.51. The molecule has 1 aliphatic rings. The van der Waals surface area contributed by atoms with Crippen LogP contribution in [-0.4, -0.2) is 29.1 Å². The third-order valence-corrected chi connectivity index (χ3v) is 4.14. The highest BCUT2D eigenvalue weighted by molar-refractivity contribution is 9.10. The molecule has 6 nitrogen and oxygen atoms in total. The van der Waals surface area contributed by atoms with Gasteiger partial charge in [0.1, 0.15) is 0 Å². The number of benzene rings is 1. The second-order valence-electron chi connectivity index (χ2n) is 5.07. The maximum atomic E-state index is 12.0. The van der Waals surface area contributed by atoms with Crippen molar-refractivity contribution in [1.29, 1.82) is 0 Å². The van der Waals surface area contributed by atoms with Gasteiger partial charge in [-0.1, -0.05) is 15.9 Å². The van der Waals surface area contributed by atoms with Crippen LogP contribution < -0.4 is 5.32 Å². The molecule has 8 heteroatoms. The SMILES string of the molecule is Cl.O=C(N=Nc1c(O)[nH]c2ccc(Br)cc12)C1CCNCC1. The minimum absolute atomic E-state index is 0. The van der Waals surface area contributed by atoms with Gasteiger partial charge >= 0.3 is 0 Å². The normalized spacial score (nSPS) is 16.0. The molecule has 118 valence electrons. The van der Waals surface area contributed by atoms with Gasteiger partial charge in [-0.3, -0.25) is 4.79 Å². The van der Waals surface area contributed by atoms with Crippen molar-refractivity contribution in [3.05, 3.63) is 22.7 Å². The Labute approximate surface area is 141 Å². The van der Waals surface area contributed by atoms with E-state index in [1.54, 1.807) is 0 Å². The molecule has 1 aromatic carbocycles. The lowest BCUT2D eigenvalue weighted by molar-refractivity contribution is -0.122. The summed E-state index contributed by atoms with van der Waals surface area (Å²) in [4.78, 5) is 14.8. The molecule has 0 aliphatic carbocycles.